The van der Waals surface area contributed by atoms with E-state index in [2.05, 4.69) is 47.8 Å². The molecule has 1 heterocycles. The van der Waals surface area contributed by atoms with Crippen molar-refractivity contribution in [2.45, 2.75) is 27.7 Å². The normalized spacial score (nSPS) is 11.7. The highest BCUT2D eigenvalue weighted by atomic mass is 19.1. The van der Waals surface area contributed by atoms with Gasteiger partial charge in [0.05, 0.1) is 11.4 Å². The standard InChI is InChI=1S/C22H23FN2O/c1-5-26-24-16(3)21-14-22(18-9-11-19(23)12-10-18)25(17(21)4)20-8-6-7-15(2)13-20/h6-14H,5H2,1-4H3/b24-16-. The van der Waals surface area contributed by atoms with Gasteiger partial charge in [-0.1, -0.05) is 17.3 Å². The van der Waals surface area contributed by atoms with Gasteiger partial charge in [0.2, 0.25) is 0 Å². The van der Waals surface area contributed by atoms with Gasteiger partial charge in [-0.15, -0.1) is 0 Å². The van der Waals surface area contributed by atoms with Gasteiger partial charge in [0.25, 0.3) is 0 Å². The molecule has 0 bridgehead atoms. The molecular formula is C22H23FN2O. The number of hydrogen-bond acceptors (Lipinski definition) is 2. The van der Waals surface area contributed by atoms with Gasteiger partial charge in [-0.2, -0.15) is 0 Å². The fourth-order valence-electron chi connectivity index (χ4n) is 3.12. The lowest BCUT2D eigenvalue weighted by atomic mass is 10.1. The van der Waals surface area contributed by atoms with Gasteiger partial charge >= 0.3 is 0 Å². The second-order valence-corrected chi connectivity index (χ2v) is 6.30. The first-order valence-corrected chi connectivity index (χ1v) is 8.73. The molecule has 0 radical (unpaired) electrons. The Kier molecular flexibility index (Phi) is 5.21. The van der Waals surface area contributed by atoms with Gasteiger partial charge in [0.15, 0.2) is 0 Å². The Morgan fingerprint density at radius 1 is 1.08 bits per heavy atom. The maximum atomic E-state index is 13.4. The summed E-state index contributed by atoms with van der Waals surface area (Å²) in [5.41, 5.74) is 7.09. The molecule has 0 unspecified atom stereocenters. The Bertz CT molecular complexity index is 939. The number of oxime groups is 1. The van der Waals surface area contributed by atoms with Crippen LogP contribution in [0.4, 0.5) is 4.39 Å². The number of halogens is 1. The van der Waals surface area contributed by atoms with Crippen molar-refractivity contribution in [3.63, 3.8) is 0 Å². The second kappa shape index (κ2) is 7.56. The van der Waals surface area contributed by atoms with Gasteiger partial charge in [0.1, 0.15) is 12.4 Å². The summed E-state index contributed by atoms with van der Waals surface area (Å²) in [4.78, 5) is 5.23. The first-order chi connectivity index (χ1) is 12.5. The molecule has 0 saturated heterocycles. The van der Waals surface area contributed by atoms with E-state index < -0.39 is 0 Å². The lowest BCUT2D eigenvalue weighted by Crippen LogP contribution is -2.02. The van der Waals surface area contributed by atoms with E-state index in [4.69, 9.17) is 4.84 Å². The molecule has 0 aliphatic rings. The molecule has 0 aliphatic heterocycles. The van der Waals surface area contributed by atoms with Crippen LogP contribution in [0.15, 0.2) is 59.8 Å². The Labute approximate surface area is 153 Å². The van der Waals surface area contributed by atoms with E-state index in [0.29, 0.717) is 6.61 Å². The molecule has 2 aromatic carbocycles. The summed E-state index contributed by atoms with van der Waals surface area (Å²) in [6.07, 6.45) is 0. The highest BCUT2D eigenvalue weighted by Crippen LogP contribution is 2.30. The van der Waals surface area contributed by atoms with E-state index in [1.807, 2.05) is 19.9 Å². The Hall–Kier alpha value is -2.88. The summed E-state index contributed by atoms with van der Waals surface area (Å²) in [5, 5.41) is 4.19. The summed E-state index contributed by atoms with van der Waals surface area (Å²) in [6, 6.07) is 17.0. The van der Waals surface area contributed by atoms with E-state index in [9.17, 15) is 4.39 Å². The van der Waals surface area contributed by atoms with Crippen molar-refractivity contribution in [2.24, 2.45) is 5.16 Å². The number of aromatic nitrogens is 1. The molecule has 1 aromatic heterocycles. The SMILES string of the molecule is CCO/N=C(/C)c1cc(-c2ccc(F)cc2)n(-c2cccc(C)c2)c1C. The van der Waals surface area contributed by atoms with E-state index >= 15 is 0 Å². The van der Waals surface area contributed by atoms with Crippen molar-refractivity contribution < 1.29 is 9.23 Å². The topological polar surface area (TPSA) is 26.5 Å². The Morgan fingerprint density at radius 3 is 2.46 bits per heavy atom. The number of rotatable bonds is 5. The molecule has 3 aromatic rings. The number of nitrogens with zero attached hydrogens (tertiary/aromatic N) is 2. The minimum Gasteiger partial charge on any atom is -0.396 e. The molecule has 4 heteroatoms. The quantitative estimate of drug-likeness (QED) is 0.431. The zero-order valence-corrected chi connectivity index (χ0v) is 15.6. The van der Waals surface area contributed by atoms with Gasteiger partial charge < -0.3 is 9.40 Å². The lowest BCUT2D eigenvalue weighted by molar-refractivity contribution is 0.159. The molecule has 0 atom stereocenters. The van der Waals surface area contributed by atoms with Crippen molar-refractivity contribution in [3.8, 4) is 16.9 Å². The first kappa shape index (κ1) is 17.9. The highest BCUT2D eigenvalue weighted by Gasteiger charge is 2.17. The van der Waals surface area contributed by atoms with Crippen molar-refractivity contribution in [2.75, 3.05) is 6.61 Å². The summed E-state index contributed by atoms with van der Waals surface area (Å²) < 4.78 is 15.6. The third kappa shape index (κ3) is 3.54. The van der Waals surface area contributed by atoms with Crippen LogP contribution in [0, 0.1) is 19.7 Å². The maximum absolute atomic E-state index is 13.4. The predicted molar refractivity (Wildman–Crippen MR) is 104 cm³/mol. The molecule has 3 nitrogen and oxygen atoms in total. The van der Waals surface area contributed by atoms with E-state index in [-0.39, 0.29) is 5.82 Å². The van der Waals surface area contributed by atoms with Crippen LogP contribution in [-0.4, -0.2) is 16.9 Å². The molecule has 0 amide bonds. The van der Waals surface area contributed by atoms with Gasteiger partial charge in [0, 0.05) is 16.9 Å². The number of aryl methyl sites for hydroxylation is 1. The van der Waals surface area contributed by atoms with E-state index in [1.165, 1.54) is 17.7 Å². The average molecular weight is 350 g/mol. The fourth-order valence-corrected chi connectivity index (χ4v) is 3.12. The van der Waals surface area contributed by atoms with Crippen LogP contribution in [-0.2, 0) is 4.84 Å². The van der Waals surface area contributed by atoms with Crippen molar-refractivity contribution in [1.29, 1.82) is 0 Å². The second-order valence-electron chi connectivity index (χ2n) is 6.30. The van der Waals surface area contributed by atoms with Crippen LogP contribution in [0.3, 0.4) is 0 Å². The molecule has 26 heavy (non-hydrogen) atoms. The highest BCUT2D eigenvalue weighted by molar-refractivity contribution is 6.01. The molecule has 0 aliphatic carbocycles. The van der Waals surface area contributed by atoms with Crippen LogP contribution in [0.25, 0.3) is 16.9 Å². The van der Waals surface area contributed by atoms with Gasteiger partial charge in [-0.3, -0.25) is 0 Å². The lowest BCUT2D eigenvalue weighted by Gasteiger charge is -2.13. The molecule has 134 valence electrons. The van der Waals surface area contributed by atoms with Crippen molar-refractivity contribution in [1.82, 2.24) is 4.57 Å². The summed E-state index contributed by atoms with van der Waals surface area (Å²) >= 11 is 0. The summed E-state index contributed by atoms with van der Waals surface area (Å²) in [7, 11) is 0. The van der Waals surface area contributed by atoms with Crippen LogP contribution >= 0.6 is 0 Å². The summed E-state index contributed by atoms with van der Waals surface area (Å²) in [5.74, 6) is -0.242. The maximum Gasteiger partial charge on any atom is 0.123 e. The molecule has 0 N–H and O–H groups in total. The number of benzene rings is 2. The minimum absolute atomic E-state index is 0.242. The van der Waals surface area contributed by atoms with Crippen LogP contribution < -0.4 is 0 Å². The number of hydrogen-bond donors (Lipinski definition) is 0. The zero-order chi connectivity index (χ0) is 18.7. The molecule has 3 rings (SSSR count). The third-order valence-electron chi connectivity index (χ3n) is 4.37. The van der Waals surface area contributed by atoms with Crippen molar-refractivity contribution in [3.05, 3.63) is 77.2 Å². The molecule has 0 saturated carbocycles. The zero-order valence-electron chi connectivity index (χ0n) is 15.6. The smallest absolute Gasteiger partial charge is 0.123 e. The van der Waals surface area contributed by atoms with E-state index in [1.54, 1.807) is 12.1 Å². The predicted octanol–water partition coefficient (Wildman–Crippen LogP) is 5.66. The summed E-state index contributed by atoms with van der Waals surface area (Å²) in [6.45, 7) is 8.51. The van der Waals surface area contributed by atoms with Gasteiger partial charge in [-0.05, 0) is 81.3 Å². The van der Waals surface area contributed by atoms with Gasteiger partial charge in [-0.25, -0.2) is 4.39 Å². The molecular weight excluding hydrogens is 327 g/mol. The van der Waals surface area contributed by atoms with Crippen molar-refractivity contribution >= 4 is 5.71 Å². The Morgan fingerprint density at radius 2 is 1.81 bits per heavy atom. The fraction of sp³-hybridized carbons (Fsp3) is 0.227. The van der Waals surface area contributed by atoms with Crippen LogP contribution in [0.5, 0.6) is 0 Å². The Balaban J connectivity index is 2.22. The van der Waals surface area contributed by atoms with Crippen LogP contribution in [0.1, 0.15) is 30.7 Å². The first-order valence-electron chi connectivity index (χ1n) is 8.73. The molecule has 0 spiro atoms. The third-order valence-corrected chi connectivity index (χ3v) is 4.37. The monoisotopic (exact) mass is 350 g/mol. The largest absolute Gasteiger partial charge is 0.396 e. The minimum atomic E-state index is -0.242. The molecule has 0 fully saturated rings. The van der Waals surface area contributed by atoms with E-state index in [0.717, 1.165) is 33.9 Å². The van der Waals surface area contributed by atoms with Crippen LogP contribution in [0.2, 0.25) is 0 Å². The average Bonchev–Trinajstić information content (AvgIpc) is 2.97.